The molecule has 0 heterocycles. The molecule has 0 amide bonds. The highest BCUT2D eigenvalue weighted by Crippen LogP contribution is 2.46. The summed E-state index contributed by atoms with van der Waals surface area (Å²) in [5.41, 5.74) is 2.14. The van der Waals surface area contributed by atoms with Crippen molar-refractivity contribution in [3.05, 3.63) is 41.5 Å². The molecule has 0 N–H and O–H groups in total. The molecule has 0 saturated carbocycles. The molecule has 2 rings (SSSR count). The van der Waals surface area contributed by atoms with Gasteiger partial charge in [-0.3, -0.25) is 4.79 Å². The zero-order valence-corrected chi connectivity index (χ0v) is 13.1. The molecule has 0 spiro atoms. The van der Waals surface area contributed by atoms with Crippen molar-refractivity contribution >= 4 is 5.78 Å². The number of rotatable bonds is 3. The lowest BCUT2D eigenvalue weighted by atomic mass is 9.65. The number of ketones is 1. The van der Waals surface area contributed by atoms with Crippen molar-refractivity contribution in [3.63, 3.8) is 0 Å². The molecule has 20 heavy (non-hydrogen) atoms. The Morgan fingerprint density at radius 3 is 2.30 bits per heavy atom. The standard InChI is InChI=1S/C18H24O2/c1-12(2)14-10-16(18(3,4)17(19)11-14)13-6-8-15(20-5)9-7-13/h6-9,11-12,16H,10H2,1-5H3. The smallest absolute Gasteiger partial charge is 0.161 e. The molecule has 1 aliphatic carbocycles. The molecule has 2 nitrogen and oxygen atoms in total. The van der Waals surface area contributed by atoms with Gasteiger partial charge in [0.05, 0.1) is 7.11 Å². The lowest BCUT2D eigenvalue weighted by molar-refractivity contribution is -0.124. The summed E-state index contributed by atoms with van der Waals surface area (Å²) in [5.74, 6) is 1.76. The number of carbonyl (C=O) groups is 1. The van der Waals surface area contributed by atoms with Gasteiger partial charge >= 0.3 is 0 Å². The second kappa shape index (κ2) is 5.43. The summed E-state index contributed by atoms with van der Waals surface area (Å²) >= 11 is 0. The van der Waals surface area contributed by atoms with Gasteiger partial charge in [0, 0.05) is 5.41 Å². The Kier molecular flexibility index (Phi) is 4.03. The van der Waals surface area contributed by atoms with Crippen LogP contribution in [-0.4, -0.2) is 12.9 Å². The molecule has 1 unspecified atom stereocenters. The first-order valence-electron chi connectivity index (χ1n) is 7.25. The molecular weight excluding hydrogens is 248 g/mol. The first kappa shape index (κ1) is 14.8. The lowest BCUT2D eigenvalue weighted by Gasteiger charge is -2.38. The quantitative estimate of drug-likeness (QED) is 0.817. The van der Waals surface area contributed by atoms with E-state index in [0.29, 0.717) is 5.92 Å². The van der Waals surface area contributed by atoms with Crippen molar-refractivity contribution in [2.75, 3.05) is 7.11 Å². The number of methoxy groups -OCH3 is 1. The maximum atomic E-state index is 12.4. The van der Waals surface area contributed by atoms with E-state index in [9.17, 15) is 4.79 Å². The summed E-state index contributed by atoms with van der Waals surface area (Å²) < 4.78 is 5.21. The molecule has 1 aromatic rings. The monoisotopic (exact) mass is 272 g/mol. The second-order valence-electron chi connectivity index (χ2n) is 6.49. The van der Waals surface area contributed by atoms with Crippen molar-refractivity contribution in [3.8, 4) is 5.75 Å². The summed E-state index contributed by atoms with van der Waals surface area (Å²) in [7, 11) is 1.67. The Balaban J connectivity index is 2.38. The summed E-state index contributed by atoms with van der Waals surface area (Å²) in [6, 6.07) is 8.12. The van der Waals surface area contributed by atoms with Crippen LogP contribution in [0.4, 0.5) is 0 Å². The Morgan fingerprint density at radius 1 is 1.20 bits per heavy atom. The van der Waals surface area contributed by atoms with Crippen LogP contribution in [0.3, 0.4) is 0 Å². The summed E-state index contributed by atoms with van der Waals surface area (Å²) in [5, 5.41) is 0. The van der Waals surface area contributed by atoms with Crippen molar-refractivity contribution in [1.82, 2.24) is 0 Å². The second-order valence-corrected chi connectivity index (χ2v) is 6.49. The van der Waals surface area contributed by atoms with Gasteiger partial charge in [-0.15, -0.1) is 0 Å². The van der Waals surface area contributed by atoms with Crippen LogP contribution < -0.4 is 4.74 Å². The highest BCUT2D eigenvalue weighted by atomic mass is 16.5. The summed E-state index contributed by atoms with van der Waals surface area (Å²) in [6.45, 7) is 8.42. The third-order valence-electron chi connectivity index (χ3n) is 4.52. The van der Waals surface area contributed by atoms with Crippen LogP contribution in [0.1, 0.15) is 45.6 Å². The molecule has 0 radical (unpaired) electrons. The van der Waals surface area contributed by atoms with Crippen LogP contribution in [0.25, 0.3) is 0 Å². The molecule has 2 heteroatoms. The highest BCUT2D eigenvalue weighted by molar-refractivity contribution is 5.96. The maximum Gasteiger partial charge on any atom is 0.161 e. The third kappa shape index (κ3) is 2.65. The van der Waals surface area contributed by atoms with Crippen LogP contribution in [0.5, 0.6) is 5.75 Å². The normalized spacial score (nSPS) is 21.8. The van der Waals surface area contributed by atoms with E-state index in [0.717, 1.165) is 12.2 Å². The van der Waals surface area contributed by atoms with Gasteiger partial charge in [-0.1, -0.05) is 45.4 Å². The van der Waals surface area contributed by atoms with E-state index in [1.807, 2.05) is 18.2 Å². The van der Waals surface area contributed by atoms with E-state index in [-0.39, 0.29) is 17.1 Å². The van der Waals surface area contributed by atoms with Crippen LogP contribution in [0.2, 0.25) is 0 Å². The van der Waals surface area contributed by atoms with Gasteiger partial charge < -0.3 is 4.74 Å². The highest BCUT2D eigenvalue weighted by Gasteiger charge is 2.40. The van der Waals surface area contributed by atoms with Crippen molar-refractivity contribution < 1.29 is 9.53 Å². The van der Waals surface area contributed by atoms with E-state index in [1.54, 1.807) is 7.11 Å². The predicted molar refractivity (Wildman–Crippen MR) is 82.1 cm³/mol. The minimum atomic E-state index is -0.340. The first-order chi connectivity index (χ1) is 9.36. The van der Waals surface area contributed by atoms with Crippen LogP contribution in [0, 0.1) is 11.3 Å². The Bertz CT molecular complexity index is 521. The minimum Gasteiger partial charge on any atom is -0.497 e. The molecule has 1 atom stereocenters. The molecule has 1 aliphatic rings. The first-order valence-corrected chi connectivity index (χ1v) is 7.25. The van der Waals surface area contributed by atoms with Crippen molar-refractivity contribution in [2.24, 2.45) is 11.3 Å². The molecular formula is C18H24O2. The van der Waals surface area contributed by atoms with E-state index in [2.05, 4.69) is 39.8 Å². The van der Waals surface area contributed by atoms with Gasteiger partial charge in [-0.25, -0.2) is 0 Å². The zero-order valence-electron chi connectivity index (χ0n) is 13.1. The van der Waals surface area contributed by atoms with Crippen LogP contribution in [0.15, 0.2) is 35.9 Å². The summed E-state index contributed by atoms with van der Waals surface area (Å²) in [6.07, 6.45) is 2.83. The molecule has 0 aromatic heterocycles. The topological polar surface area (TPSA) is 26.3 Å². The van der Waals surface area contributed by atoms with Gasteiger partial charge in [-0.2, -0.15) is 0 Å². The van der Waals surface area contributed by atoms with E-state index < -0.39 is 0 Å². The number of benzene rings is 1. The van der Waals surface area contributed by atoms with Crippen LogP contribution >= 0.6 is 0 Å². The third-order valence-corrected chi connectivity index (χ3v) is 4.52. The van der Waals surface area contributed by atoms with Gasteiger partial charge in [0.1, 0.15) is 5.75 Å². The number of ether oxygens (including phenoxy) is 1. The Morgan fingerprint density at radius 2 is 1.80 bits per heavy atom. The largest absolute Gasteiger partial charge is 0.497 e. The average molecular weight is 272 g/mol. The van der Waals surface area contributed by atoms with Gasteiger partial charge in [0.15, 0.2) is 5.78 Å². The number of hydrogen-bond donors (Lipinski definition) is 0. The molecule has 0 fully saturated rings. The van der Waals surface area contributed by atoms with Crippen molar-refractivity contribution in [2.45, 2.75) is 40.0 Å². The lowest BCUT2D eigenvalue weighted by Crippen LogP contribution is -2.34. The molecule has 0 bridgehead atoms. The molecule has 0 saturated heterocycles. The van der Waals surface area contributed by atoms with Gasteiger partial charge in [-0.05, 0) is 42.0 Å². The number of allylic oxidation sites excluding steroid dienone is 2. The van der Waals surface area contributed by atoms with Crippen molar-refractivity contribution in [1.29, 1.82) is 0 Å². The fourth-order valence-electron chi connectivity index (χ4n) is 2.85. The molecule has 1 aromatic carbocycles. The number of hydrogen-bond acceptors (Lipinski definition) is 2. The van der Waals surface area contributed by atoms with E-state index >= 15 is 0 Å². The maximum absolute atomic E-state index is 12.4. The van der Waals surface area contributed by atoms with E-state index in [1.165, 1.54) is 11.1 Å². The Labute approximate surface area is 121 Å². The minimum absolute atomic E-state index is 0.239. The fraction of sp³-hybridized carbons (Fsp3) is 0.500. The molecule has 0 aliphatic heterocycles. The Hall–Kier alpha value is -1.57. The van der Waals surface area contributed by atoms with Gasteiger partial charge in [0.25, 0.3) is 0 Å². The van der Waals surface area contributed by atoms with Gasteiger partial charge in [0.2, 0.25) is 0 Å². The van der Waals surface area contributed by atoms with E-state index in [4.69, 9.17) is 4.74 Å². The van der Waals surface area contributed by atoms with Crippen LogP contribution in [-0.2, 0) is 4.79 Å². The fourth-order valence-corrected chi connectivity index (χ4v) is 2.85. The molecule has 108 valence electrons. The zero-order chi connectivity index (χ0) is 14.9. The summed E-state index contributed by atoms with van der Waals surface area (Å²) in [4.78, 5) is 12.4. The number of carbonyl (C=O) groups excluding carboxylic acids is 1. The average Bonchev–Trinajstić information content (AvgIpc) is 2.41. The predicted octanol–water partition coefficient (Wildman–Crippen LogP) is 4.36. The SMILES string of the molecule is COc1ccc(C2CC(C(C)C)=CC(=O)C2(C)C)cc1.